The number of carbonyl (C=O) groups is 1. The van der Waals surface area contributed by atoms with Crippen LogP contribution in [0.3, 0.4) is 0 Å². The van der Waals surface area contributed by atoms with E-state index in [0.29, 0.717) is 12.3 Å². The highest BCUT2D eigenvalue weighted by atomic mass is 35.5. The van der Waals surface area contributed by atoms with Gasteiger partial charge in [-0.05, 0) is 37.0 Å². The lowest BCUT2D eigenvalue weighted by molar-refractivity contribution is -0.129. The Morgan fingerprint density at radius 2 is 2.17 bits per heavy atom. The Bertz CT molecular complexity index is 592. The first-order valence-corrected chi connectivity index (χ1v) is 8.74. The van der Waals surface area contributed by atoms with Crippen LogP contribution in [0, 0.1) is 17.7 Å². The molecule has 1 aromatic rings. The summed E-state index contributed by atoms with van der Waals surface area (Å²) in [5.74, 6) is -0.0251. The molecule has 1 saturated carbocycles. The molecule has 1 heterocycles. The molecule has 0 radical (unpaired) electrons. The molecule has 1 saturated heterocycles. The van der Waals surface area contributed by atoms with Crippen LogP contribution < -0.4 is 5.32 Å². The molecule has 1 aliphatic heterocycles. The summed E-state index contributed by atoms with van der Waals surface area (Å²) in [5.41, 5.74) is 0.793. The van der Waals surface area contributed by atoms with Crippen LogP contribution in [0.4, 0.5) is 4.39 Å². The minimum Gasteiger partial charge on any atom is -0.370 e. The normalized spacial score (nSPS) is 30.3. The number of halogens is 2. The predicted octanol–water partition coefficient (Wildman–Crippen LogP) is 4.25. The van der Waals surface area contributed by atoms with E-state index in [-0.39, 0.29) is 35.1 Å². The summed E-state index contributed by atoms with van der Waals surface area (Å²) in [4.78, 5) is 12.1. The number of carbonyl (C=O) groups excluding carboxylic acids is 1. The number of fused-ring (bicyclic) bond motifs is 1. The average Bonchev–Trinajstić information content (AvgIpc) is 2.98. The van der Waals surface area contributed by atoms with Gasteiger partial charge >= 0.3 is 0 Å². The fourth-order valence-electron chi connectivity index (χ4n) is 3.70. The number of hydrogen-bond donors (Lipinski definition) is 1. The molecule has 5 heteroatoms. The second kappa shape index (κ2) is 6.78. The van der Waals surface area contributed by atoms with Gasteiger partial charge in [-0.2, -0.15) is 0 Å². The Morgan fingerprint density at radius 3 is 2.87 bits per heavy atom. The SMILES string of the molecule is CC(C)C(=O)N[C@@H]1C[C@H](c2ccc(Cl)c(F)c2)O[C@@H]2CCC[C@@H]12. The van der Waals surface area contributed by atoms with Gasteiger partial charge < -0.3 is 10.1 Å². The van der Waals surface area contributed by atoms with Crippen molar-refractivity contribution in [3.05, 3.63) is 34.6 Å². The molecule has 0 aromatic heterocycles. The lowest BCUT2D eigenvalue weighted by Gasteiger charge is -2.39. The van der Waals surface area contributed by atoms with Crippen molar-refractivity contribution in [3.8, 4) is 0 Å². The molecule has 0 spiro atoms. The fourth-order valence-corrected chi connectivity index (χ4v) is 3.82. The molecular formula is C18H23ClFNO2. The third-order valence-corrected chi connectivity index (χ3v) is 5.30. The summed E-state index contributed by atoms with van der Waals surface area (Å²) in [7, 11) is 0. The highest BCUT2D eigenvalue weighted by Crippen LogP contribution is 2.43. The highest BCUT2D eigenvalue weighted by Gasteiger charge is 2.42. The molecule has 2 aliphatic rings. The average molecular weight is 340 g/mol. The highest BCUT2D eigenvalue weighted by molar-refractivity contribution is 6.30. The minimum absolute atomic E-state index is 0.0378. The van der Waals surface area contributed by atoms with E-state index < -0.39 is 5.82 Å². The molecule has 0 unspecified atom stereocenters. The number of ether oxygens (including phenoxy) is 1. The summed E-state index contributed by atoms with van der Waals surface area (Å²) in [6.45, 7) is 3.79. The second-order valence-corrected chi connectivity index (χ2v) is 7.34. The van der Waals surface area contributed by atoms with Crippen molar-refractivity contribution in [2.24, 2.45) is 11.8 Å². The van der Waals surface area contributed by atoms with E-state index >= 15 is 0 Å². The van der Waals surface area contributed by atoms with Crippen LogP contribution in [0.2, 0.25) is 5.02 Å². The zero-order chi connectivity index (χ0) is 16.6. The van der Waals surface area contributed by atoms with Gasteiger partial charge in [0.25, 0.3) is 0 Å². The summed E-state index contributed by atoms with van der Waals surface area (Å²) in [5, 5.41) is 3.30. The quantitative estimate of drug-likeness (QED) is 0.894. The van der Waals surface area contributed by atoms with Crippen molar-refractivity contribution >= 4 is 17.5 Å². The van der Waals surface area contributed by atoms with Crippen molar-refractivity contribution in [1.29, 1.82) is 0 Å². The van der Waals surface area contributed by atoms with E-state index in [1.165, 1.54) is 6.07 Å². The van der Waals surface area contributed by atoms with E-state index in [2.05, 4.69) is 5.32 Å². The van der Waals surface area contributed by atoms with E-state index in [1.807, 2.05) is 19.9 Å². The van der Waals surface area contributed by atoms with Gasteiger partial charge in [-0.25, -0.2) is 4.39 Å². The first kappa shape index (κ1) is 16.7. The van der Waals surface area contributed by atoms with E-state index in [1.54, 1.807) is 6.07 Å². The third-order valence-electron chi connectivity index (χ3n) is 5.00. The summed E-state index contributed by atoms with van der Waals surface area (Å²) in [6, 6.07) is 4.92. The van der Waals surface area contributed by atoms with E-state index in [9.17, 15) is 9.18 Å². The molecule has 3 nitrogen and oxygen atoms in total. The monoisotopic (exact) mass is 339 g/mol. The predicted molar refractivity (Wildman–Crippen MR) is 87.8 cm³/mol. The van der Waals surface area contributed by atoms with Gasteiger partial charge in [0.15, 0.2) is 0 Å². The Morgan fingerprint density at radius 1 is 1.39 bits per heavy atom. The number of rotatable bonds is 3. The zero-order valence-electron chi connectivity index (χ0n) is 13.5. The largest absolute Gasteiger partial charge is 0.370 e. The molecule has 2 fully saturated rings. The molecule has 1 aromatic carbocycles. The smallest absolute Gasteiger partial charge is 0.222 e. The lowest BCUT2D eigenvalue weighted by Crippen LogP contribution is -2.49. The van der Waals surface area contributed by atoms with Crippen LogP contribution in [0.25, 0.3) is 0 Å². The van der Waals surface area contributed by atoms with Gasteiger partial charge in [-0.1, -0.05) is 37.9 Å². The fraction of sp³-hybridized carbons (Fsp3) is 0.611. The summed E-state index contributed by atoms with van der Waals surface area (Å²) >= 11 is 5.77. The van der Waals surface area contributed by atoms with Gasteiger partial charge in [-0.15, -0.1) is 0 Å². The van der Waals surface area contributed by atoms with Crippen LogP contribution in [0.1, 0.15) is 51.2 Å². The van der Waals surface area contributed by atoms with Crippen LogP contribution in [0.5, 0.6) is 0 Å². The Hall–Kier alpha value is -1.13. The first-order chi connectivity index (χ1) is 11.0. The molecule has 4 atom stereocenters. The maximum Gasteiger partial charge on any atom is 0.222 e. The molecule has 0 bridgehead atoms. The van der Waals surface area contributed by atoms with Crippen LogP contribution >= 0.6 is 11.6 Å². The van der Waals surface area contributed by atoms with E-state index in [0.717, 1.165) is 24.8 Å². The molecule has 3 rings (SSSR count). The van der Waals surface area contributed by atoms with Gasteiger partial charge in [0.05, 0.1) is 17.2 Å². The number of benzene rings is 1. The Balaban J connectivity index is 1.80. The summed E-state index contributed by atoms with van der Waals surface area (Å²) < 4.78 is 20.0. The number of nitrogens with one attached hydrogen (secondary N) is 1. The molecule has 1 amide bonds. The van der Waals surface area contributed by atoms with Gasteiger partial charge in [0.1, 0.15) is 5.82 Å². The van der Waals surface area contributed by atoms with Gasteiger partial charge in [0.2, 0.25) is 5.91 Å². The molecule has 1 aliphatic carbocycles. The second-order valence-electron chi connectivity index (χ2n) is 6.94. The number of amides is 1. The molecular weight excluding hydrogens is 317 g/mol. The van der Waals surface area contributed by atoms with Crippen molar-refractivity contribution in [3.63, 3.8) is 0 Å². The molecule has 23 heavy (non-hydrogen) atoms. The lowest BCUT2D eigenvalue weighted by atomic mass is 9.86. The minimum atomic E-state index is -0.427. The maximum atomic E-state index is 13.8. The Kier molecular flexibility index (Phi) is 4.93. The van der Waals surface area contributed by atoms with Crippen molar-refractivity contribution < 1.29 is 13.9 Å². The topological polar surface area (TPSA) is 38.3 Å². The molecule has 126 valence electrons. The van der Waals surface area contributed by atoms with Crippen molar-refractivity contribution in [2.75, 3.05) is 0 Å². The standard InChI is InChI=1S/C18H23ClFNO2/c1-10(2)18(22)21-15-9-17(23-16-5-3-4-12(15)16)11-6-7-13(19)14(20)8-11/h6-8,10,12,15-17H,3-5,9H2,1-2H3,(H,21,22)/t12-,15+,16+,17+/m0/s1. The zero-order valence-corrected chi connectivity index (χ0v) is 14.3. The molecule has 1 N–H and O–H groups in total. The van der Waals surface area contributed by atoms with Gasteiger partial charge in [-0.3, -0.25) is 4.79 Å². The third kappa shape index (κ3) is 3.53. The van der Waals surface area contributed by atoms with Crippen LogP contribution in [0.15, 0.2) is 18.2 Å². The maximum absolute atomic E-state index is 13.8. The summed E-state index contributed by atoms with van der Waals surface area (Å²) in [6.07, 6.45) is 3.83. The van der Waals surface area contributed by atoms with Crippen molar-refractivity contribution in [2.45, 2.75) is 57.8 Å². The van der Waals surface area contributed by atoms with E-state index in [4.69, 9.17) is 16.3 Å². The Labute approximate surface area is 141 Å². The number of hydrogen-bond acceptors (Lipinski definition) is 2. The first-order valence-electron chi connectivity index (χ1n) is 8.36. The van der Waals surface area contributed by atoms with Crippen molar-refractivity contribution in [1.82, 2.24) is 5.32 Å². The van der Waals surface area contributed by atoms with Gasteiger partial charge in [0, 0.05) is 17.9 Å². The van der Waals surface area contributed by atoms with Crippen LogP contribution in [-0.4, -0.2) is 18.1 Å². The van der Waals surface area contributed by atoms with Crippen LogP contribution in [-0.2, 0) is 9.53 Å².